The van der Waals surface area contributed by atoms with Crippen molar-refractivity contribution in [3.8, 4) is 11.4 Å². The standard InChI is InChI=1S/C28H29F2N5O4S/c1-17-16-39-13-12-35(17)25-15-24(28(10-11-28)40(37,38)23-14-19(29)4-9-22(23)30)33-26(34-25)18-2-5-20(6-3-18)31-27(36)32-21-7-8-21/h2-6,9,14-15,17,21H,7-8,10-13,16H2,1H3,(H2,31,32,36)/t17-/m0/s1. The Labute approximate surface area is 230 Å². The Morgan fingerprint density at radius 1 is 1.07 bits per heavy atom. The number of hydrogen-bond donors (Lipinski definition) is 2. The van der Waals surface area contributed by atoms with Gasteiger partial charge in [-0.25, -0.2) is 32.0 Å². The molecule has 2 N–H and O–H groups in total. The molecule has 2 aliphatic carbocycles. The molecule has 0 bridgehead atoms. The summed E-state index contributed by atoms with van der Waals surface area (Å²) >= 11 is 0. The molecule has 1 aliphatic heterocycles. The molecule has 12 heteroatoms. The highest BCUT2D eigenvalue weighted by molar-refractivity contribution is 7.92. The summed E-state index contributed by atoms with van der Waals surface area (Å²) in [7, 11) is -4.32. The van der Waals surface area contributed by atoms with Crippen molar-refractivity contribution in [2.45, 2.75) is 54.3 Å². The predicted molar refractivity (Wildman–Crippen MR) is 145 cm³/mol. The van der Waals surface area contributed by atoms with Gasteiger partial charge in [-0.2, -0.15) is 0 Å². The van der Waals surface area contributed by atoms with Crippen molar-refractivity contribution in [1.82, 2.24) is 15.3 Å². The van der Waals surface area contributed by atoms with E-state index in [4.69, 9.17) is 9.72 Å². The summed E-state index contributed by atoms with van der Waals surface area (Å²) < 4.78 is 60.3. The van der Waals surface area contributed by atoms with Crippen LogP contribution in [-0.2, 0) is 19.3 Å². The molecule has 0 radical (unpaired) electrons. The van der Waals surface area contributed by atoms with E-state index in [-0.39, 0.29) is 36.7 Å². The molecule has 2 heterocycles. The molecular formula is C28H29F2N5O4S. The third kappa shape index (κ3) is 5.01. The van der Waals surface area contributed by atoms with Crippen molar-refractivity contribution in [1.29, 1.82) is 0 Å². The van der Waals surface area contributed by atoms with Crippen LogP contribution in [-0.4, -0.2) is 56.3 Å². The summed E-state index contributed by atoms with van der Waals surface area (Å²) in [4.78, 5) is 22.9. The van der Waals surface area contributed by atoms with Gasteiger partial charge >= 0.3 is 6.03 Å². The van der Waals surface area contributed by atoms with Crippen molar-refractivity contribution in [3.05, 3.63) is 65.9 Å². The van der Waals surface area contributed by atoms with Crippen LogP contribution in [0, 0.1) is 11.6 Å². The summed E-state index contributed by atoms with van der Waals surface area (Å²) in [6.45, 7) is 3.50. The molecule has 1 atom stereocenters. The van der Waals surface area contributed by atoms with Crippen LogP contribution in [0.1, 0.15) is 38.3 Å². The van der Waals surface area contributed by atoms with Crippen molar-refractivity contribution in [2.75, 3.05) is 30.0 Å². The highest BCUT2D eigenvalue weighted by Crippen LogP contribution is 2.55. The van der Waals surface area contributed by atoms with Crippen molar-refractivity contribution < 1.29 is 26.7 Å². The van der Waals surface area contributed by atoms with Gasteiger partial charge in [-0.3, -0.25) is 0 Å². The fourth-order valence-electron chi connectivity index (χ4n) is 4.96. The molecule has 3 aliphatic rings. The maximum absolute atomic E-state index is 14.7. The molecule has 9 nitrogen and oxygen atoms in total. The number of hydrogen-bond acceptors (Lipinski definition) is 7. The molecule has 1 aromatic heterocycles. The van der Waals surface area contributed by atoms with E-state index < -0.39 is 31.1 Å². The second-order valence-electron chi connectivity index (χ2n) is 10.6. The number of morpholine rings is 1. The Hall–Kier alpha value is -3.64. The highest BCUT2D eigenvalue weighted by atomic mass is 32.2. The van der Waals surface area contributed by atoms with E-state index in [0.29, 0.717) is 42.7 Å². The van der Waals surface area contributed by atoms with Crippen LogP contribution in [0.25, 0.3) is 11.4 Å². The minimum Gasteiger partial charge on any atom is -0.377 e. The van der Waals surface area contributed by atoms with Crippen molar-refractivity contribution in [3.63, 3.8) is 0 Å². The normalized spacial score (nSPS) is 20.2. The predicted octanol–water partition coefficient (Wildman–Crippen LogP) is 4.39. The number of carbonyl (C=O) groups excluding carboxylic acids is 1. The lowest BCUT2D eigenvalue weighted by molar-refractivity contribution is 0.0985. The molecule has 3 fully saturated rings. The molecule has 210 valence electrons. The highest BCUT2D eigenvalue weighted by Gasteiger charge is 2.58. The number of urea groups is 1. The van der Waals surface area contributed by atoms with Gasteiger partial charge in [0.15, 0.2) is 15.7 Å². The number of ether oxygens (including phenoxy) is 1. The smallest absolute Gasteiger partial charge is 0.319 e. The van der Waals surface area contributed by atoms with E-state index in [0.717, 1.165) is 31.0 Å². The van der Waals surface area contributed by atoms with Gasteiger partial charge in [0.2, 0.25) is 0 Å². The monoisotopic (exact) mass is 569 g/mol. The first kappa shape index (κ1) is 26.6. The van der Waals surface area contributed by atoms with Gasteiger partial charge in [0, 0.05) is 29.9 Å². The molecule has 6 rings (SSSR count). The minimum atomic E-state index is -4.32. The van der Waals surface area contributed by atoms with Gasteiger partial charge in [0.1, 0.15) is 27.1 Å². The van der Waals surface area contributed by atoms with Crippen LogP contribution in [0.15, 0.2) is 53.4 Å². The van der Waals surface area contributed by atoms with Gasteiger partial charge in [-0.1, -0.05) is 0 Å². The summed E-state index contributed by atoms with van der Waals surface area (Å²) in [6, 6.07) is 11.0. The number of sulfone groups is 1. The molecule has 40 heavy (non-hydrogen) atoms. The van der Waals surface area contributed by atoms with E-state index in [9.17, 15) is 22.0 Å². The number of nitrogens with one attached hydrogen (secondary N) is 2. The molecule has 2 amide bonds. The Balaban J connectivity index is 1.39. The van der Waals surface area contributed by atoms with E-state index in [1.807, 2.05) is 11.8 Å². The SMILES string of the molecule is C[C@H]1COCCN1c1cc(C2(S(=O)(=O)c3cc(F)ccc3F)CC2)nc(-c2ccc(NC(=O)NC3CC3)cc2)n1. The van der Waals surface area contributed by atoms with Crippen LogP contribution >= 0.6 is 0 Å². The van der Waals surface area contributed by atoms with Gasteiger partial charge in [-0.05, 0) is 75.1 Å². The number of rotatable bonds is 7. The summed E-state index contributed by atoms with van der Waals surface area (Å²) in [5.41, 5.74) is 1.44. The molecular weight excluding hydrogens is 540 g/mol. The molecule has 2 aromatic carbocycles. The molecule has 2 saturated carbocycles. The Bertz CT molecular complexity index is 1560. The van der Waals surface area contributed by atoms with E-state index in [1.54, 1.807) is 30.3 Å². The zero-order valence-corrected chi connectivity index (χ0v) is 22.7. The van der Waals surface area contributed by atoms with Crippen LogP contribution in [0.4, 0.5) is 25.1 Å². The first-order valence-electron chi connectivity index (χ1n) is 13.3. The third-order valence-electron chi connectivity index (χ3n) is 7.56. The number of amides is 2. The lowest BCUT2D eigenvalue weighted by atomic mass is 10.1. The van der Waals surface area contributed by atoms with Crippen LogP contribution in [0.5, 0.6) is 0 Å². The first-order chi connectivity index (χ1) is 19.2. The maximum atomic E-state index is 14.7. The van der Waals surface area contributed by atoms with E-state index in [1.165, 1.54) is 0 Å². The lowest BCUT2D eigenvalue weighted by Crippen LogP contribution is -2.44. The Kier molecular flexibility index (Phi) is 6.70. The van der Waals surface area contributed by atoms with Gasteiger partial charge in [0.05, 0.1) is 24.9 Å². The van der Waals surface area contributed by atoms with Crippen molar-refractivity contribution >= 4 is 27.4 Å². The van der Waals surface area contributed by atoms with E-state index in [2.05, 4.69) is 15.6 Å². The average molecular weight is 570 g/mol. The Morgan fingerprint density at radius 2 is 1.82 bits per heavy atom. The molecule has 0 unspecified atom stereocenters. The average Bonchev–Trinajstić information content (AvgIpc) is 3.86. The van der Waals surface area contributed by atoms with Gasteiger partial charge in [-0.15, -0.1) is 0 Å². The summed E-state index contributed by atoms with van der Waals surface area (Å²) in [5.74, 6) is -1.01. The number of benzene rings is 2. The van der Waals surface area contributed by atoms with Gasteiger partial charge < -0.3 is 20.3 Å². The lowest BCUT2D eigenvalue weighted by Gasteiger charge is -2.34. The quantitative estimate of drug-likeness (QED) is 0.434. The summed E-state index contributed by atoms with van der Waals surface area (Å²) in [6.07, 6.45) is 2.40. The summed E-state index contributed by atoms with van der Waals surface area (Å²) in [5, 5.41) is 5.66. The fourth-order valence-corrected chi connectivity index (χ4v) is 7.00. The van der Waals surface area contributed by atoms with Crippen LogP contribution < -0.4 is 15.5 Å². The number of anilines is 2. The zero-order valence-electron chi connectivity index (χ0n) is 21.9. The molecule has 0 spiro atoms. The fraction of sp³-hybridized carbons (Fsp3) is 0.393. The van der Waals surface area contributed by atoms with Gasteiger partial charge in [0.25, 0.3) is 0 Å². The molecule has 3 aromatic rings. The van der Waals surface area contributed by atoms with Crippen LogP contribution in [0.3, 0.4) is 0 Å². The topological polar surface area (TPSA) is 114 Å². The largest absolute Gasteiger partial charge is 0.377 e. The first-order valence-corrected chi connectivity index (χ1v) is 14.8. The number of nitrogens with zero attached hydrogens (tertiary/aromatic N) is 3. The van der Waals surface area contributed by atoms with Crippen LogP contribution in [0.2, 0.25) is 0 Å². The number of carbonyl (C=O) groups is 1. The zero-order chi connectivity index (χ0) is 28.1. The minimum absolute atomic E-state index is 0.0201. The maximum Gasteiger partial charge on any atom is 0.319 e. The van der Waals surface area contributed by atoms with E-state index >= 15 is 0 Å². The molecule has 1 saturated heterocycles. The second kappa shape index (κ2) is 10.1. The Morgan fingerprint density at radius 3 is 2.50 bits per heavy atom. The number of halogens is 2. The second-order valence-corrected chi connectivity index (χ2v) is 12.8. The van der Waals surface area contributed by atoms with Crippen molar-refractivity contribution in [2.24, 2.45) is 0 Å². The number of aromatic nitrogens is 2. The third-order valence-corrected chi connectivity index (χ3v) is 10.1.